The number of para-hydroxylation sites is 1. The average Bonchev–Trinajstić information content (AvgIpc) is 2.46. The zero-order valence-electron chi connectivity index (χ0n) is 11.7. The molecule has 0 fully saturated rings. The summed E-state index contributed by atoms with van der Waals surface area (Å²) >= 11 is 0. The summed E-state index contributed by atoms with van der Waals surface area (Å²) in [5.74, 6) is -0.439. The average molecular weight is 326 g/mol. The van der Waals surface area contributed by atoms with Crippen molar-refractivity contribution in [2.45, 2.75) is 13.0 Å². The fraction of sp³-hybridized carbons (Fsp3) is 0.133. The smallest absolute Gasteiger partial charge is 0.406 e. The first-order valence-electron chi connectivity index (χ1n) is 6.50. The van der Waals surface area contributed by atoms with E-state index in [1.165, 1.54) is 12.1 Å². The van der Waals surface area contributed by atoms with Gasteiger partial charge in [0.2, 0.25) is 0 Å². The van der Waals surface area contributed by atoms with Gasteiger partial charge < -0.3 is 20.5 Å². The minimum absolute atomic E-state index is 0.130. The molecule has 2 aromatic rings. The van der Waals surface area contributed by atoms with E-state index in [9.17, 15) is 23.1 Å². The van der Waals surface area contributed by atoms with Crippen molar-refractivity contribution in [1.29, 1.82) is 0 Å². The zero-order valence-corrected chi connectivity index (χ0v) is 11.7. The second-order valence-electron chi connectivity index (χ2n) is 4.47. The molecule has 0 heterocycles. The van der Waals surface area contributed by atoms with E-state index in [-0.39, 0.29) is 12.3 Å². The molecule has 2 aromatic carbocycles. The molecule has 0 saturated heterocycles. The molecule has 0 aliphatic rings. The molecular weight excluding hydrogens is 313 g/mol. The second kappa shape index (κ2) is 7.01. The molecule has 0 aromatic heterocycles. The molecule has 0 saturated carbocycles. The minimum Gasteiger partial charge on any atom is -0.406 e. The molecule has 23 heavy (non-hydrogen) atoms. The number of amides is 2. The molecular formula is C15H13F3N2O3. The highest BCUT2D eigenvalue weighted by atomic mass is 19.4. The number of aliphatic hydroxyl groups excluding tert-OH is 1. The zero-order chi connectivity index (χ0) is 16.9. The lowest BCUT2D eigenvalue weighted by Crippen LogP contribution is -2.20. The van der Waals surface area contributed by atoms with Crippen molar-refractivity contribution in [2.75, 3.05) is 10.6 Å². The van der Waals surface area contributed by atoms with Crippen LogP contribution in [0.4, 0.5) is 29.3 Å². The summed E-state index contributed by atoms with van der Waals surface area (Å²) < 4.78 is 40.3. The Balaban J connectivity index is 2.04. The fourth-order valence-electron chi connectivity index (χ4n) is 1.84. The first-order chi connectivity index (χ1) is 10.9. The van der Waals surface area contributed by atoms with Gasteiger partial charge in [0.15, 0.2) is 0 Å². The van der Waals surface area contributed by atoms with Gasteiger partial charge in [-0.2, -0.15) is 0 Å². The van der Waals surface area contributed by atoms with Crippen molar-refractivity contribution in [3.05, 3.63) is 54.1 Å². The van der Waals surface area contributed by atoms with Crippen molar-refractivity contribution < 1.29 is 27.8 Å². The number of anilines is 2. The van der Waals surface area contributed by atoms with Crippen molar-refractivity contribution in [3.8, 4) is 5.75 Å². The number of benzene rings is 2. The van der Waals surface area contributed by atoms with Crippen LogP contribution in [0.5, 0.6) is 5.75 Å². The van der Waals surface area contributed by atoms with Crippen LogP contribution in [0.1, 0.15) is 5.56 Å². The van der Waals surface area contributed by atoms with Gasteiger partial charge in [-0.3, -0.25) is 0 Å². The van der Waals surface area contributed by atoms with Crippen LogP contribution in [0, 0.1) is 0 Å². The number of hydrogen-bond acceptors (Lipinski definition) is 3. The number of halogens is 3. The van der Waals surface area contributed by atoms with E-state index in [4.69, 9.17) is 0 Å². The van der Waals surface area contributed by atoms with E-state index in [0.717, 1.165) is 12.1 Å². The number of aliphatic hydroxyl groups is 1. The van der Waals surface area contributed by atoms with Crippen molar-refractivity contribution in [1.82, 2.24) is 0 Å². The SMILES string of the molecule is O=C(Nc1cccc(OC(F)(F)F)c1)Nc1ccccc1CO. The van der Waals surface area contributed by atoms with Crippen LogP contribution < -0.4 is 15.4 Å². The van der Waals surface area contributed by atoms with Crippen LogP contribution >= 0.6 is 0 Å². The van der Waals surface area contributed by atoms with Gasteiger partial charge in [-0.1, -0.05) is 24.3 Å². The van der Waals surface area contributed by atoms with Crippen LogP contribution in [0.2, 0.25) is 0 Å². The van der Waals surface area contributed by atoms with Crippen LogP contribution in [0.25, 0.3) is 0 Å². The molecule has 0 atom stereocenters. The van der Waals surface area contributed by atoms with E-state index in [0.29, 0.717) is 11.3 Å². The molecule has 0 aliphatic heterocycles. The first-order valence-corrected chi connectivity index (χ1v) is 6.50. The van der Waals surface area contributed by atoms with Gasteiger partial charge in [0.25, 0.3) is 0 Å². The molecule has 5 nitrogen and oxygen atoms in total. The predicted molar refractivity (Wildman–Crippen MR) is 78.1 cm³/mol. The number of carbonyl (C=O) groups excluding carboxylic acids is 1. The normalized spacial score (nSPS) is 11.0. The molecule has 0 unspecified atom stereocenters. The van der Waals surface area contributed by atoms with Crippen LogP contribution in [0.3, 0.4) is 0 Å². The minimum atomic E-state index is -4.80. The third kappa shape index (κ3) is 5.19. The van der Waals surface area contributed by atoms with Gasteiger partial charge in [0.05, 0.1) is 6.61 Å². The summed E-state index contributed by atoms with van der Waals surface area (Å²) in [5.41, 5.74) is 1.04. The monoisotopic (exact) mass is 326 g/mol. The molecule has 8 heteroatoms. The van der Waals surface area contributed by atoms with E-state index in [2.05, 4.69) is 15.4 Å². The Hall–Kier alpha value is -2.74. The van der Waals surface area contributed by atoms with E-state index >= 15 is 0 Å². The highest BCUT2D eigenvalue weighted by molar-refractivity contribution is 6.00. The number of ether oxygens (including phenoxy) is 1. The Morgan fingerprint density at radius 3 is 2.52 bits per heavy atom. The molecule has 0 spiro atoms. The molecule has 0 radical (unpaired) electrons. The Morgan fingerprint density at radius 1 is 1.09 bits per heavy atom. The number of carbonyl (C=O) groups is 1. The molecule has 122 valence electrons. The molecule has 0 aliphatic carbocycles. The third-order valence-corrected chi connectivity index (χ3v) is 2.76. The van der Waals surface area contributed by atoms with Crippen molar-refractivity contribution in [2.24, 2.45) is 0 Å². The Morgan fingerprint density at radius 2 is 1.83 bits per heavy atom. The highest BCUT2D eigenvalue weighted by Crippen LogP contribution is 2.25. The maximum Gasteiger partial charge on any atom is 0.573 e. The van der Waals surface area contributed by atoms with Crippen LogP contribution in [0.15, 0.2) is 48.5 Å². The standard InChI is InChI=1S/C15H13F3N2O3/c16-15(17,18)23-12-6-3-5-11(8-12)19-14(22)20-13-7-2-1-4-10(13)9-21/h1-8,21H,9H2,(H2,19,20,22). The summed E-state index contributed by atoms with van der Waals surface area (Å²) in [5, 5.41) is 14.1. The van der Waals surface area contributed by atoms with E-state index in [1.807, 2.05) is 0 Å². The summed E-state index contributed by atoms with van der Waals surface area (Å²) in [6, 6.07) is 10.8. The summed E-state index contributed by atoms with van der Waals surface area (Å²) in [6.45, 7) is -0.259. The number of urea groups is 1. The van der Waals surface area contributed by atoms with E-state index in [1.54, 1.807) is 24.3 Å². The van der Waals surface area contributed by atoms with Gasteiger partial charge in [0.1, 0.15) is 5.75 Å². The van der Waals surface area contributed by atoms with Gasteiger partial charge in [0, 0.05) is 23.0 Å². The Kier molecular flexibility index (Phi) is 5.07. The lowest BCUT2D eigenvalue weighted by molar-refractivity contribution is -0.274. The number of rotatable bonds is 4. The predicted octanol–water partition coefficient (Wildman–Crippen LogP) is 3.72. The fourth-order valence-corrected chi connectivity index (χ4v) is 1.84. The molecule has 0 bridgehead atoms. The number of hydrogen-bond donors (Lipinski definition) is 3. The van der Waals surface area contributed by atoms with Gasteiger partial charge in [-0.15, -0.1) is 13.2 Å². The topological polar surface area (TPSA) is 70.6 Å². The maximum atomic E-state index is 12.2. The lowest BCUT2D eigenvalue weighted by atomic mass is 10.2. The van der Waals surface area contributed by atoms with Gasteiger partial charge >= 0.3 is 12.4 Å². The highest BCUT2D eigenvalue weighted by Gasteiger charge is 2.31. The third-order valence-electron chi connectivity index (χ3n) is 2.76. The van der Waals surface area contributed by atoms with Crippen molar-refractivity contribution >= 4 is 17.4 Å². The number of alkyl halides is 3. The largest absolute Gasteiger partial charge is 0.573 e. The summed E-state index contributed by atoms with van der Waals surface area (Å²) in [6.07, 6.45) is -4.80. The summed E-state index contributed by atoms with van der Waals surface area (Å²) in [7, 11) is 0. The molecule has 2 amide bonds. The van der Waals surface area contributed by atoms with Crippen LogP contribution in [-0.2, 0) is 6.61 Å². The van der Waals surface area contributed by atoms with Gasteiger partial charge in [-0.05, 0) is 18.2 Å². The Bertz CT molecular complexity index is 690. The lowest BCUT2D eigenvalue weighted by Gasteiger charge is -2.12. The van der Waals surface area contributed by atoms with Crippen molar-refractivity contribution in [3.63, 3.8) is 0 Å². The van der Waals surface area contributed by atoms with Crippen LogP contribution in [-0.4, -0.2) is 17.5 Å². The summed E-state index contributed by atoms with van der Waals surface area (Å²) in [4.78, 5) is 11.9. The maximum absolute atomic E-state index is 12.2. The number of nitrogens with one attached hydrogen (secondary N) is 2. The van der Waals surface area contributed by atoms with E-state index < -0.39 is 18.1 Å². The Labute approximate surface area is 129 Å². The quantitative estimate of drug-likeness (QED) is 0.802. The molecule has 3 N–H and O–H groups in total. The molecule has 2 rings (SSSR count). The second-order valence-corrected chi connectivity index (χ2v) is 4.47. The first kappa shape index (κ1) is 16.6. The van der Waals surface area contributed by atoms with Gasteiger partial charge in [-0.25, -0.2) is 4.79 Å².